The lowest BCUT2D eigenvalue weighted by molar-refractivity contribution is -0.154. The highest BCUT2D eigenvalue weighted by atomic mass is 31.3. The maximum absolute atomic E-state index is 12.6. The lowest BCUT2D eigenvalue weighted by Gasteiger charge is -2.23. The van der Waals surface area contributed by atoms with Crippen molar-refractivity contribution < 1.29 is 69.5 Å². The van der Waals surface area contributed by atoms with E-state index in [1.165, 1.54) is 0 Å². The van der Waals surface area contributed by atoms with Crippen LogP contribution in [-0.4, -0.2) is 60.2 Å². The molecule has 0 radical (unpaired) electrons. The van der Waals surface area contributed by atoms with Crippen molar-refractivity contribution in [2.45, 2.75) is 50.6 Å². The predicted octanol–water partition coefficient (Wildman–Crippen LogP) is 3.42. The van der Waals surface area contributed by atoms with Gasteiger partial charge in [-0.3, -0.25) is 23.4 Å². The van der Waals surface area contributed by atoms with Gasteiger partial charge in [-0.25, -0.2) is 22.8 Å². The second-order valence-corrected chi connectivity index (χ2v) is 17.1. The number of hydrogen-bond donors (Lipinski definition) is 5. The van der Waals surface area contributed by atoms with Crippen LogP contribution >= 0.6 is 31.1 Å². The van der Waals surface area contributed by atoms with Crippen molar-refractivity contribution in [3.8, 4) is 0 Å². The highest BCUT2D eigenvalue weighted by Gasteiger charge is 2.55. The van der Waals surface area contributed by atoms with Gasteiger partial charge in [0.2, 0.25) is 0 Å². The summed E-state index contributed by atoms with van der Waals surface area (Å²) in [6.07, 6.45) is -4.63. The minimum Gasteiger partial charge on any atom is -0.346 e. The Balaban J connectivity index is 1.31. The molecule has 0 bridgehead atoms. The normalized spacial score (nSPS) is 27.8. The van der Waals surface area contributed by atoms with Crippen molar-refractivity contribution in [1.82, 2.24) is 9.55 Å². The fourth-order valence-electron chi connectivity index (χ4n) is 4.87. The van der Waals surface area contributed by atoms with Crippen molar-refractivity contribution >= 4 is 41.8 Å². The van der Waals surface area contributed by atoms with E-state index in [9.17, 15) is 47.4 Å². The molecule has 258 valence electrons. The van der Waals surface area contributed by atoms with Crippen LogP contribution < -0.4 is 11.2 Å². The topological polar surface area (TPSA) is 269 Å². The smallest absolute Gasteiger partial charge is 0.346 e. The summed E-state index contributed by atoms with van der Waals surface area (Å²) in [5.74, 6) is 0. The summed E-state index contributed by atoms with van der Waals surface area (Å²) in [6, 6.07) is 13.9. The number of benzene rings is 2. The van der Waals surface area contributed by atoms with Gasteiger partial charge < -0.3 is 33.8 Å². The van der Waals surface area contributed by atoms with E-state index in [1.54, 1.807) is 13.0 Å². The van der Waals surface area contributed by atoms with Crippen molar-refractivity contribution in [2.24, 2.45) is 0 Å². The van der Waals surface area contributed by atoms with Gasteiger partial charge in [0.25, 0.3) is 5.56 Å². The molecular weight excluding hydrogens is 712 g/mol. The maximum Gasteiger partial charge on any atom is 0.490 e. The molecule has 5 rings (SSSR count). The number of unbranched alkanes of at least 4 members (excludes halogenated alkanes) is 1. The van der Waals surface area contributed by atoms with Crippen LogP contribution in [0, 0.1) is 0 Å². The van der Waals surface area contributed by atoms with Gasteiger partial charge in [-0.15, -0.1) is 0 Å². The quantitative estimate of drug-likeness (QED) is 0.148. The molecule has 2 aromatic carbocycles. The Bertz CT molecular complexity index is 1930. The Labute approximate surface area is 265 Å². The minimum absolute atomic E-state index is 0.0985. The molecule has 0 saturated carbocycles. The monoisotopic (exact) mass is 742 g/mol. The Morgan fingerprint density at radius 2 is 1.49 bits per heavy atom. The van der Waals surface area contributed by atoms with E-state index in [1.807, 2.05) is 36.4 Å². The molecule has 0 spiro atoms. The molecule has 3 heterocycles. The molecule has 1 aromatic heterocycles. The molecular formula is C24H30N2O17P4. The second-order valence-electron chi connectivity index (χ2n) is 10.4. The number of aromatic amines is 1. The molecule has 2 aliphatic heterocycles. The van der Waals surface area contributed by atoms with E-state index >= 15 is 0 Å². The summed E-state index contributed by atoms with van der Waals surface area (Å²) >= 11 is 0. The molecule has 0 amide bonds. The first-order valence-electron chi connectivity index (χ1n) is 13.8. The fourth-order valence-corrected chi connectivity index (χ4v) is 10.6. The Morgan fingerprint density at radius 1 is 0.830 bits per heavy atom. The standard InChI is InChI=1S/C24H30N2O17P4/c1-2-3-12-44(29,30)41-46(33,34)43-47(35,36)42-45(31,32)37-14-18-20-21(22(38-18)26-11-10-19(27)25-24(26)28)40-23(39-20)17-9-8-15-6-4-5-7-16(15)13-17/h4-11,13,18,20-23H,2-3,12,14H2,1H3,(H,29,30)(H,31,32)(H,33,34)(H,35,36)(H,25,27,28). The SMILES string of the molecule is CCCCP(=O)(O)OP(=O)(O)OP(=O)(O)OP(=O)(O)OCC1OC(n2ccc(=O)[nH]c2=O)C2OC(c3ccc4ccccc4c3)OC12. The van der Waals surface area contributed by atoms with Gasteiger partial charge >= 0.3 is 36.8 Å². The van der Waals surface area contributed by atoms with Gasteiger partial charge in [0.1, 0.15) is 18.3 Å². The largest absolute Gasteiger partial charge is 0.490 e. The molecule has 23 heteroatoms. The second kappa shape index (κ2) is 14.0. The summed E-state index contributed by atoms with van der Waals surface area (Å²) in [5, 5.41) is 1.81. The lowest BCUT2D eigenvalue weighted by Crippen LogP contribution is -2.36. The first-order chi connectivity index (χ1) is 22.0. The van der Waals surface area contributed by atoms with Crippen molar-refractivity contribution in [1.29, 1.82) is 0 Å². The zero-order valence-electron chi connectivity index (χ0n) is 24.2. The van der Waals surface area contributed by atoms with E-state index in [2.05, 4.69) is 17.9 Å². The molecule has 0 aliphatic carbocycles. The number of nitrogens with zero attached hydrogens (tertiary/aromatic N) is 1. The molecule has 9 unspecified atom stereocenters. The average Bonchev–Trinajstić information content (AvgIpc) is 3.53. The van der Waals surface area contributed by atoms with Crippen LogP contribution in [-0.2, 0) is 49.9 Å². The Morgan fingerprint density at radius 3 is 2.19 bits per heavy atom. The Hall–Kier alpha value is -2.14. The zero-order chi connectivity index (χ0) is 34.2. The molecule has 47 heavy (non-hydrogen) atoms. The molecule has 2 fully saturated rings. The van der Waals surface area contributed by atoms with Crippen LogP contribution in [0.25, 0.3) is 10.8 Å². The number of phosphoric acid groups is 3. The fraction of sp³-hybridized carbons (Fsp3) is 0.417. The lowest BCUT2D eigenvalue weighted by atomic mass is 10.1. The third-order valence-electron chi connectivity index (χ3n) is 6.86. The first kappa shape index (κ1) is 36.1. The van der Waals surface area contributed by atoms with E-state index in [0.29, 0.717) is 12.0 Å². The maximum atomic E-state index is 12.6. The molecule has 5 N–H and O–H groups in total. The number of aromatic nitrogens is 2. The van der Waals surface area contributed by atoms with E-state index in [0.717, 1.165) is 27.6 Å². The molecule has 19 nitrogen and oxygen atoms in total. The number of ether oxygens (including phenoxy) is 3. The van der Waals surface area contributed by atoms with E-state index in [4.69, 9.17) is 18.7 Å². The highest BCUT2D eigenvalue weighted by Crippen LogP contribution is 2.71. The van der Waals surface area contributed by atoms with Crippen molar-refractivity contribution in [3.63, 3.8) is 0 Å². The number of rotatable bonds is 14. The van der Waals surface area contributed by atoms with Gasteiger partial charge in [-0.05, 0) is 23.3 Å². The van der Waals surface area contributed by atoms with Gasteiger partial charge in [-0.1, -0.05) is 49.7 Å². The number of H-pyrrole nitrogens is 1. The minimum atomic E-state index is -5.96. The van der Waals surface area contributed by atoms with Gasteiger partial charge in [0, 0.05) is 17.8 Å². The van der Waals surface area contributed by atoms with Crippen LogP contribution in [0.15, 0.2) is 64.3 Å². The summed E-state index contributed by atoms with van der Waals surface area (Å²) < 4.78 is 84.8. The molecule has 9 atom stereocenters. The van der Waals surface area contributed by atoms with Gasteiger partial charge in [-0.2, -0.15) is 8.62 Å². The van der Waals surface area contributed by atoms with Crippen LogP contribution in [0.5, 0.6) is 0 Å². The summed E-state index contributed by atoms with van der Waals surface area (Å²) in [4.78, 5) is 65.7. The summed E-state index contributed by atoms with van der Waals surface area (Å²) in [5.41, 5.74) is -0.974. The van der Waals surface area contributed by atoms with Crippen LogP contribution in [0.4, 0.5) is 0 Å². The van der Waals surface area contributed by atoms with Crippen LogP contribution in [0.3, 0.4) is 0 Å². The molecule has 2 saturated heterocycles. The number of fused-ring (bicyclic) bond motifs is 2. The first-order valence-corrected chi connectivity index (χ1v) is 20.1. The highest BCUT2D eigenvalue weighted by molar-refractivity contribution is 7.70. The van der Waals surface area contributed by atoms with E-state index < -0.39 is 85.9 Å². The zero-order valence-corrected chi connectivity index (χ0v) is 27.8. The number of phosphoric ester groups is 1. The Kier molecular flexibility index (Phi) is 10.8. The third kappa shape index (κ3) is 9.11. The van der Waals surface area contributed by atoms with Crippen molar-refractivity contribution in [2.75, 3.05) is 12.8 Å². The van der Waals surface area contributed by atoms with Gasteiger partial charge in [0.15, 0.2) is 12.5 Å². The predicted molar refractivity (Wildman–Crippen MR) is 160 cm³/mol. The molecule has 2 aliphatic rings. The van der Waals surface area contributed by atoms with E-state index in [-0.39, 0.29) is 6.42 Å². The van der Waals surface area contributed by atoms with Gasteiger partial charge in [0.05, 0.1) is 12.8 Å². The summed E-state index contributed by atoms with van der Waals surface area (Å²) in [7, 11) is -22.1. The molecule has 3 aromatic rings. The third-order valence-corrected chi connectivity index (χ3v) is 13.4. The van der Waals surface area contributed by atoms with Crippen molar-refractivity contribution in [3.05, 3.63) is 81.1 Å². The number of hydrogen-bond acceptors (Lipinski definition) is 13. The van der Waals surface area contributed by atoms with Crippen LogP contribution in [0.1, 0.15) is 37.8 Å². The van der Waals surface area contributed by atoms with Crippen LogP contribution in [0.2, 0.25) is 0 Å². The average molecular weight is 742 g/mol. The summed E-state index contributed by atoms with van der Waals surface area (Å²) in [6.45, 7) is 0.757. The number of nitrogens with one attached hydrogen (secondary N) is 1.